The quantitative estimate of drug-likeness (QED) is 0.831. The Morgan fingerprint density at radius 3 is 3.29 bits per heavy atom. The van der Waals surface area contributed by atoms with Crippen LogP contribution in [-0.4, -0.2) is 17.0 Å². The summed E-state index contributed by atoms with van der Waals surface area (Å²) in [4.78, 5) is 4.41. The van der Waals surface area contributed by atoms with Crippen LogP contribution in [0, 0.1) is 0 Å². The molecule has 76 valence electrons. The molecule has 1 unspecified atom stereocenters. The Bertz CT molecular complexity index is 308. The summed E-state index contributed by atoms with van der Waals surface area (Å²) in [5, 5.41) is 4.98. The van der Waals surface area contributed by atoms with Gasteiger partial charge in [0.15, 0.2) is 5.17 Å². The lowest BCUT2D eigenvalue weighted by atomic mass is 10.3. The van der Waals surface area contributed by atoms with E-state index in [4.69, 9.17) is 4.42 Å². The largest absolute Gasteiger partial charge is 0.467 e. The lowest BCUT2D eigenvalue weighted by Crippen LogP contribution is -2.18. The average molecular weight is 210 g/mol. The first kappa shape index (κ1) is 9.65. The molecule has 0 bridgehead atoms. The minimum atomic E-state index is 0.661. The van der Waals surface area contributed by atoms with Crippen molar-refractivity contribution in [2.24, 2.45) is 4.99 Å². The summed E-state index contributed by atoms with van der Waals surface area (Å²) in [6, 6.07) is 3.86. The van der Waals surface area contributed by atoms with E-state index in [-0.39, 0.29) is 0 Å². The Balaban J connectivity index is 1.77. The number of rotatable bonds is 3. The Morgan fingerprint density at radius 2 is 2.64 bits per heavy atom. The van der Waals surface area contributed by atoms with Gasteiger partial charge in [-0.2, -0.15) is 0 Å². The molecule has 3 nitrogen and oxygen atoms in total. The lowest BCUT2D eigenvalue weighted by molar-refractivity contribution is 0.504. The molecule has 2 rings (SSSR count). The number of nitrogens with zero attached hydrogens (tertiary/aromatic N) is 1. The first-order valence-electron chi connectivity index (χ1n) is 4.86. The third-order valence-corrected chi connectivity index (χ3v) is 3.48. The number of aliphatic imine (C=N–C) groups is 1. The van der Waals surface area contributed by atoms with Gasteiger partial charge in [-0.05, 0) is 18.6 Å². The zero-order valence-electron chi connectivity index (χ0n) is 8.19. The molecule has 2 heterocycles. The molecule has 0 saturated heterocycles. The van der Waals surface area contributed by atoms with Crippen molar-refractivity contribution in [3.05, 3.63) is 24.2 Å². The Kier molecular flexibility index (Phi) is 3.14. The Morgan fingerprint density at radius 1 is 1.71 bits per heavy atom. The molecule has 4 heteroatoms. The van der Waals surface area contributed by atoms with Crippen molar-refractivity contribution >= 4 is 16.9 Å². The molecule has 0 aromatic carbocycles. The summed E-state index contributed by atoms with van der Waals surface area (Å²) in [6.07, 6.45) is 2.87. The molecule has 1 atom stereocenters. The van der Waals surface area contributed by atoms with E-state index in [2.05, 4.69) is 17.2 Å². The third-order valence-electron chi connectivity index (χ3n) is 2.17. The van der Waals surface area contributed by atoms with Gasteiger partial charge in [0.25, 0.3) is 0 Å². The first-order chi connectivity index (χ1) is 6.88. The maximum atomic E-state index is 5.22. The van der Waals surface area contributed by atoms with E-state index >= 15 is 0 Å². The van der Waals surface area contributed by atoms with Gasteiger partial charge in [0, 0.05) is 5.25 Å². The number of thioether (sulfide) groups is 1. The van der Waals surface area contributed by atoms with Crippen LogP contribution in [0.5, 0.6) is 0 Å². The second kappa shape index (κ2) is 4.55. The topological polar surface area (TPSA) is 37.5 Å². The Hall–Kier alpha value is -0.900. The van der Waals surface area contributed by atoms with Crippen molar-refractivity contribution < 1.29 is 4.42 Å². The smallest absolute Gasteiger partial charge is 0.157 e. The van der Waals surface area contributed by atoms with E-state index in [1.807, 2.05) is 23.9 Å². The van der Waals surface area contributed by atoms with Crippen molar-refractivity contribution in [2.45, 2.75) is 25.1 Å². The molecule has 1 N–H and O–H groups in total. The molecule has 1 aliphatic rings. The molecular formula is C10H14N2OS. The lowest BCUT2D eigenvalue weighted by Gasteiger charge is -2.04. The molecule has 1 aromatic rings. The maximum Gasteiger partial charge on any atom is 0.157 e. The predicted molar refractivity (Wildman–Crippen MR) is 59.5 cm³/mol. The highest BCUT2D eigenvalue weighted by atomic mass is 32.2. The summed E-state index contributed by atoms with van der Waals surface area (Å²) in [6.45, 7) is 3.87. The van der Waals surface area contributed by atoms with Crippen molar-refractivity contribution in [2.75, 3.05) is 6.54 Å². The van der Waals surface area contributed by atoms with Crippen molar-refractivity contribution in [3.63, 3.8) is 0 Å². The van der Waals surface area contributed by atoms with Crippen LogP contribution in [0.15, 0.2) is 27.8 Å². The van der Waals surface area contributed by atoms with Gasteiger partial charge in [0.2, 0.25) is 0 Å². The average Bonchev–Trinajstić information content (AvgIpc) is 2.86. The third kappa shape index (κ3) is 2.32. The summed E-state index contributed by atoms with van der Waals surface area (Å²) in [7, 11) is 0. The van der Waals surface area contributed by atoms with Gasteiger partial charge in [-0.3, -0.25) is 4.99 Å². The molecule has 1 aliphatic heterocycles. The number of nitrogens with one attached hydrogen (secondary N) is 1. The van der Waals surface area contributed by atoms with Gasteiger partial charge >= 0.3 is 0 Å². The van der Waals surface area contributed by atoms with Gasteiger partial charge in [-0.25, -0.2) is 0 Å². The molecule has 14 heavy (non-hydrogen) atoms. The van der Waals surface area contributed by atoms with Crippen LogP contribution in [0.25, 0.3) is 0 Å². The summed E-state index contributed by atoms with van der Waals surface area (Å²) < 4.78 is 5.22. The van der Waals surface area contributed by atoms with Gasteiger partial charge in [0.05, 0.1) is 19.4 Å². The minimum Gasteiger partial charge on any atom is -0.467 e. The molecule has 0 spiro atoms. The van der Waals surface area contributed by atoms with Crippen LogP contribution in [-0.2, 0) is 6.54 Å². The number of hydrogen-bond donors (Lipinski definition) is 1. The molecule has 0 fully saturated rings. The number of furan rings is 1. The molecule has 0 aliphatic carbocycles. The van der Waals surface area contributed by atoms with Crippen molar-refractivity contribution in [1.82, 2.24) is 5.32 Å². The number of amidine groups is 1. The SMILES string of the molecule is CCC1CN=C(NCc2ccco2)S1. The minimum absolute atomic E-state index is 0.661. The van der Waals surface area contributed by atoms with Crippen LogP contribution in [0.1, 0.15) is 19.1 Å². The van der Waals surface area contributed by atoms with E-state index in [1.54, 1.807) is 6.26 Å². The van der Waals surface area contributed by atoms with Gasteiger partial charge in [0.1, 0.15) is 5.76 Å². The standard InChI is InChI=1S/C10H14N2OS/c1-2-9-7-12-10(14-9)11-6-8-4-3-5-13-8/h3-5,9H,2,6-7H2,1H3,(H,11,12). The Labute approximate surface area is 88.0 Å². The maximum absolute atomic E-state index is 5.22. The van der Waals surface area contributed by atoms with Crippen LogP contribution < -0.4 is 5.32 Å². The highest BCUT2D eigenvalue weighted by Gasteiger charge is 2.17. The van der Waals surface area contributed by atoms with Crippen LogP contribution in [0.4, 0.5) is 0 Å². The van der Waals surface area contributed by atoms with E-state index < -0.39 is 0 Å². The summed E-state index contributed by atoms with van der Waals surface area (Å²) >= 11 is 1.83. The van der Waals surface area contributed by atoms with Crippen molar-refractivity contribution in [3.8, 4) is 0 Å². The van der Waals surface area contributed by atoms with Crippen LogP contribution >= 0.6 is 11.8 Å². The van der Waals surface area contributed by atoms with E-state index in [9.17, 15) is 0 Å². The monoisotopic (exact) mass is 210 g/mol. The zero-order chi connectivity index (χ0) is 9.80. The van der Waals surface area contributed by atoms with Crippen molar-refractivity contribution in [1.29, 1.82) is 0 Å². The normalized spacial score (nSPS) is 20.9. The summed E-state index contributed by atoms with van der Waals surface area (Å²) in [5.41, 5.74) is 0. The second-order valence-electron chi connectivity index (χ2n) is 3.23. The molecule has 1 aromatic heterocycles. The van der Waals surface area contributed by atoms with Gasteiger partial charge in [-0.15, -0.1) is 0 Å². The molecular weight excluding hydrogens is 196 g/mol. The zero-order valence-corrected chi connectivity index (χ0v) is 9.01. The molecule has 0 saturated carbocycles. The van der Waals surface area contributed by atoms with E-state index in [1.165, 1.54) is 6.42 Å². The van der Waals surface area contributed by atoms with E-state index in [0.29, 0.717) is 5.25 Å². The highest BCUT2D eigenvalue weighted by molar-refractivity contribution is 8.14. The predicted octanol–water partition coefficient (Wildman–Crippen LogP) is 2.25. The second-order valence-corrected chi connectivity index (χ2v) is 4.52. The molecule has 0 amide bonds. The van der Waals surface area contributed by atoms with Crippen LogP contribution in [0.2, 0.25) is 0 Å². The van der Waals surface area contributed by atoms with E-state index in [0.717, 1.165) is 24.0 Å². The van der Waals surface area contributed by atoms with Crippen LogP contribution in [0.3, 0.4) is 0 Å². The fourth-order valence-electron chi connectivity index (χ4n) is 1.30. The highest BCUT2D eigenvalue weighted by Crippen LogP contribution is 2.22. The summed E-state index contributed by atoms with van der Waals surface area (Å²) in [5.74, 6) is 0.952. The van der Waals surface area contributed by atoms with Gasteiger partial charge in [-0.1, -0.05) is 18.7 Å². The first-order valence-corrected chi connectivity index (χ1v) is 5.74. The fourth-order valence-corrected chi connectivity index (χ4v) is 2.24. The number of hydrogen-bond acceptors (Lipinski definition) is 4. The van der Waals surface area contributed by atoms with Gasteiger partial charge < -0.3 is 9.73 Å². The molecule has 0 radical (unpaired) electrons. The fraction of sp³-hybridized carbons (Fsp3) is 0.500.